The molecule has 5 heteroatoms. The molecule has 0 amide bonds. The first kappa shape index (κ1) is 34.8. The molecule has 0 saturated heterocycles. The zero-order valence-corrected chi connectivity index (χ0v) is 34.3. The van der Waals surface area contributed by atoms with Gasteiger partial charge < -0.3 is 4.90 Å². The lowest BCUT2D eigenvalue weighted by molar-refractivity contribution is 0.660. The van der Waals surface area contributed by atoms with Crippen LogP contribution in [0.1, 0.15) is 25.0 Å². The fraction of sp³-hybridized carbons (Fsp3) is 0.0526. The largest absolute Gasteiger partial charge is 0.310 e. The van der Waals surface area contributed by atoms with Gasteiger partial charge >= 0.3 is 0 Å². The van der Waals surface area contributed by atoms with Crippen LogP contribution in [0.3, 0.4) is 0 Å². The molecular weight excluding hydrogens is 755 g/mol. The van der Waals surface area contributed by atoms with Crippen molar-refractivity contribution >= 4 is 77.2 Å². The Morgan fingerprint density at radius 2 is 1.08 bits per heavy atom. The predicted octanol–water partition coefficient (Wildman–Crippen LogP) is 14.7. The maximum Gasteiger partial charge on any atom is 0.221 e. The molecule has 62 heavy (non-hydrogen) atoms. The molecule has 5 nitrogen and oxygen atoms in total. The fourth-order valence-corrected chi connectivity index (χ4v) is 10.3. The van der Waals surface area contributed by atoms with E-state index in [-0.39, 0.29) is 5.41 Å². The van der Waals surface area contributed by atoms with E-state index in [1.54, 1.807) is 0 Å². The summed E-state index contributed by atoms with van der Waals surface area (Å²) in [5, 5.41) is 5.77. The zero-order chi connectivity index (χ0) is 41.1. The number of nitrogens with zero attached hydrogens (tertiary/aromatic N) is 5. The number of benzene rings is 9. The van der Waals surface area contributed by atoms with E-state index in [1.807, 2.05) is 0 Å². The van der Waals surface area contributed by atoms with Crippen molar-refractivity contribution in [2.24, 2.45) is 0 Å². The molecule has 0 atom stereocenters. The van der Waals surface area contributed by atoms with Crippen LogP contribution in [0.5, 0.6) is 0 Å². The molecule has 9 aromatic carbocycles. The van der Waals surface area contributed by atoms with E-state index in [0.29, 0.717) is 0 Å². The molecule has 0 spiro atoms. The summed E-state index contributed by atoms with van der Waals surface area (Å²) in [6, 6.07) is 72.5. The van der Waals surface area contributed by atoms with Crippen LogP contribution in [0.25, 0.3) is 88.4 Å². The number of imidazole rings is 1. The Kier molecular flexibility index (Phi) is 7.29. The predicted molar refractivity (Wildman–Crippen MR) is 258 cm³/mol. The molecule has 13 rings (SSSR count). The van der Waals surface area contributed by atoms with Crippen LogP contribution in [0.4, 0.5) is 17.1 Å². The van der Waals surface area contributed by atoms with Crippen molar-refractivity contribution < 1.29 is 0 Å². The zero-order valence-electron chi connectivity index (χ0n) is 34.3. The molecule has 1 aliphatic carbocycles. The average Bonchev–Trinajstić information content (AvgIpc) is 3.95. The molecular formula is C57H39N5. The normalized spacial score (nSPS) is 13.1. The maximum absolute atomic E-state index is 5.47. The minimum Gasteiger partial charge on any atom is -0.310 e. The van der Waals surface area contributed by atoms with Crippen LogP contribution in [-0.4, -0.2) is 18.9 Å². The number of fused-ring (bicyclic) bond motifs is 13. The Morgan fingerprint density at radius 3 is 1.95 bits per heavy atom. The Morgan fingerprint density at radius 1 is 0.435 bits per heavy atom. The van der Waals surface area contributed by atoms with Gasteiger partial charge in [-0.25, -0.2) is 9.97 Å². The Hall–Kier alpha value is -8.02. The van der Waals surface area contributed by atoms with E-state index in [0.717, 1.165) is 67.0 Å². The molecule has 0 aliphatic heterocycles. The summed E-state index contributed by atoms with van der Waals surface area (Å²) in [6.07, 6.45) is 0. The van der Waals surface area contributed by atoms with E-state index in [9.17, 15) is 0 Å². The molecule has 292 valence electrons. The number of para-hydroxylation sites is 3. The summed E-state index contributed by atoms with van der Waals surface area (Å²) >= 11 is 0. The Balaban J connectivity index is 1.09. The second-order valence-electron chi connectivity index (χ2n) is 17.1. The van der Waals surface area contributed by atoms with Gasteiger partial charge in [0.2, 0.25) is 5.95 Å². The van der Waals surface area contributed by atoms with Gasteiger partial charge in [-0.1, -0.05) is 141 Å². The number of hydrogen-bond acceptors (Lipinski definition) is 3. The van der Waals surface area contributed by atoms with Crippen LogP contribution in [0.2, 0.25) is 0 Å². The second kappa shape index (κ2) is 13.0. The Bertz CT molecular complexity index is 3780. The third-order valence-electron chi connectivity index (χ3n) is 13.3. The van der Waals surface area contributed by atoms with Gasteiger partial charge in [0.05, 0.1) is 27.6 Å². The quantitative estimate of drug-likeness (QED) is 0.174. The SMILES string of the molecule is CC1(C)c2ccccc2-c2ccc(N(c3ccc(-c4ccccc4)cc3)c3ccc4c(c3)c3c5ccccc5ccc3n4-c3nc4ccccc4c4nc5ccccc5n34)cc21. The summed E-state index contributed by atoms with van der Waals surface area (Å²) in [5.74, 6) is 0.809. The summed E-state index contributed by atoms with van der Waals surface area (Å²) in [4.78, 5) is 13.1. The van der Waals surface area contributed by atoms with Gasteiger partial charge in [-0.2, -0.15) is 0 Å². The average molecular weight is 794 g/mol. The fourth-order valence-electron chi connectivity index (χ4n) is 10.3. The van der Waals surface area contributed by atoms with E-state index in [4.69, 9.17) is 9.97 Å². The number of rotatable bonds is 5. The first-order valence-electron chi connectivity index (χ1n) is 21.3. The van der Waals surface area contributed by atoms with Gasteiger partial charge in [-0.05, 0) is 117 Å². The first-order chi connectivity index (χ1) is 30.5. The van der Waals surface area contributed by atoms with Crippen LogP contribution in [0.15, 0.2) is 200 Å². The van der Waals surface area contributed by atoms with Crippen molar-refractivity contribution in [2.45, 2.75) is 19.3 Å². The molecule has 3 aromatic heterocycles. The molecule has 1 aliphatic rings. The monoisotopic (exact) mass is 793 g/mol. The molecule has 0 N–H and O–H groups in total. The van der Waals surface area contributed by atoms with Gasteiger partial charge in [-0.3, -0.25) is 8.97 Å². The third-order valence-corrected chi connectivity index (χ3v) is 13.3. The lowest BCUT2D eigenvalue weighted by atomic mass is 9.82. The lowest BCUT2D eigenvalue weighted by Gasteiger charge is -2.28. The molecule has 0 radical (unpaired) electrons. The first-order valence-corrected chi connectivity index (χ1v) is 21.3. The van der Waals surface area contributed by atoms with Gasteiger partial charge in [-0.15, -0.1) is 0 Å². The van der Waals surface area contributed by atoms with Crippen molar-refractivity contribution in [3.05, 3.63) is 211 Å². The maximum atomic E-state index is 5.47. The highest BCUT2D eigenvalue weighted by molar-refractivity contribution is 6.22. The van der Waals surface area contributed by atoms with Crippen molar-refractivity contribution in [1.82, 2.24) is 18.9 Å². The topological polar surface area (TPSA) is 38.4 Å². The summed E-state index contributed by atoms with van der Waals surface area (Å²) in [5.41, 5.74) is 16.8. The van der Waals surface area contributed by atoms with E-state index in [1.165, 1.54) is 49.5 Å². The smallest absolute Gasteiger partial charge is 0.221 e. The van der Waals surface area contributed by atoms with Crippen molar-refractivity contribution in [3.8, 4) is 28.2 Å². The summed E-state index contributed by atoms with van der Waals surface area (Å²) < 4.78 is 4.59. The van der Waals surface area contributed by atoms with E-state index >= 15 is 0 Å². The number of anilines is 3. The molecule has 0 saturated carbocycles. The molecule has 0 fully saturated rings. The summed E-state index contributed by atoms with van der Waals surface area (Å²) in [7, 11) is 0. The third kappa shape index (κ3) is 4.96. The van der Waals surface area contributed by atoms with Crippen LogP contribution in [-0.2, 0) is 5.41 Å². The molecule has 0 bridgehead atoms. The second-order valence-corrected chi connectivity index (χ2v) is 17.1. The Labute approximate surface area is 358 Å². The molecule has 0 unspecified atom stereocenters. The van der Waals surface area contributed by atoms with Crippen LogP contribution >= 0.6 is 0 Å². The number of hydrogen-bond donors (Lipinski definition) is 0. The van der Waals surface area contributed by atoms with Gasteiger partial charge in [0, 0.05) is 38.6 Å². The summed E-state index contributed by atoms with van der Waals surface area (Å²) in [6.45, 7) is 4.71. The highest BCUT2D eigenvalue weighted by Gasteiger charge is 2.36. The van der Waals surface area contributed by atoms with Crippen molar-refractivity contribution in [3.63, 3.8) is 0 Å². The standard InChI is InChI=1S/C57H39N5/c1-57(2)47-20-10-8-18-43(47)44-31-29-41(35-48(44)57)60(39-27-24-37(25-28-39)36-14-4-3-5-15-36)40-30-33-51-46(34-40)54-42-17-7-6-16-38(42)26-32-53(54)61(51)56-59-49-21-11-9-19-45(49)55-58-50-22-12-13-23-52(50)62(55)56/h3-35H,1-2H3. The molecule has 3 heterocycles. The van der Waals surface area contributed by atoms with Gasteiger partial charge in [0.1, 0.15) is 5.65 Å². The van der Waals surface area contributed by atoms with Crippen molar-refractivity contribution in [1.29, 1.82) is 0 Å². The van der Waals surface area contributed by atoms with E-state index < -0.39 is 0 Å². The van der Waals surface area contributed by atoms with E-state index in [2.05, 4.69) is 228 Å². The van der Waals surface area contributed by atoms with Crippen molar-refractivity contribution in [2.75, 3.05) is 4.90 Å². The number of aromatic nitrogens is 4. The molecule has 12 aromatic rings. The lowest BCUT2D eigenvalue weighted by Crippen LogP contribution is -2.16. The van der Waals surface area contributed by atoms with Gasteiger partial charge in [0.15, 0.2) is 0 Å². The minimum atomic E-state index is -0.142. The van der Waals surface area contributed by atoms with Crippen LogP contribution in [0, 0.1) is 0 Å². The highest BCUT2D eigenvalue weighted by atomic mass is 15.2. The minimum absolute atomic E-state index is 0.142. The van der Waals surface area contributed by atoms with Gasteiger partial charge in [0.25, 0.3) is 0 Å². The van der Waals surface area contributed by atoms with Crippen LogP contribution < -0.4 is 4.90 Å². The highest BCUT2D eigenvalue weighted by Crippen LogP contribution is 2.51.